The van der Waals surface area contributed by atoms with E-state index in [0.29, 0.717) is 0 Å². The number of hydrogen-bond acceptors (Lipinski definition) is 4. The summed E-state index contributed by atoms with van der Waals surface area (Å²) in [6, 6.07) is 0. The molecule has 0 aliphatic heterocycles. The first-order valence-electron chi connectivity index (χ1n) is 2.62. The molecule has 0 aromatic heterocycles. The summed E-state index contributed by atoms with van der Waals surface area (Å²) in [6.45, 7) is 0. The van der Waals surface area contributed by atoms with Gasteiger partial charge in [-0.25, -0.2) is 4.79 Å². The van der Waals surface area contributed by atoms with Crippen molar-refractivity contribution < 1.29 is 117 Å². The van der Waals surface area contributed by atoms with Crippen LogP contribution in [0.4, 0.5) is 0 Å². The van der Waals surface area contributed by atoms with Crippen molar-refractivity contribution in [2.75, 3.05) is 7.11 Å². The summed E-state index contributed by atoms with van der Waals surface area (Å²) >= 11 is 0. The first-order valence-corrected chi connectivity index (χ1v) is 2.62. The van der Waals surface area contributed by atoms with E-state index in [1.54, 1.807) is 0 Å². The van der Waals surface area contributed by atoms with Crippen molar-refractivity contribution in [2.24, 2.45) is 0 Å². The van der Waals surface area contributed by atoms with E-state index in [-0.39, 0.29) is 106 Å². The molecule has 0 atom stereocenters. The number of carboxylic acids is 1. The number of carboxylic acid groups (broad SMARTS) is 1. The second-order valence-corrected chi connectivity index (χ2v) is 1.52. The van der Waals surface area contributed by atoms with Crippen molar-refractivity contribution in [2.45, 2.75) is 12.8 Å². The molecule has 64 valence electrons. The predicted octanol–water partition coefficient (Wildman–Crippen LogP) is -8.69. The van der Waals surface area contributed by atoms with Gasteiger partial charge in [0, 0.05) is 0 Å². The van der Waals surface area contributed by atoms with E-state index < -0.39 is 11.9 Å². The van der Waals surface area contributed by atoms with Gasteiger partial charge in [-0.1, -0.05) is 0 Å². The maximum Gasteiger partial charge on any atom is 1.00 e. The second-order valence-electron chi connectivity index (χ2n) is 1.52. The van der Waals surface area contributed by atoms with Gasteiger partial charge >= 0.3 is 101 Å². The van der Waals surface area contributed by atoms with E-state index >= 15 is 0 Å². The van der Waals surface area contributed by atoms with Gasteiger partial charge in [-0.3, -0.25) is 9.68 Å². The maximum atomic E-state index is 10.3. The van der Waals surface area contributed by atoms with Crippen LogP contribution in [0.15, 0.2) is 0 Å². The van der Waals surface area contributed by atoms with Crippen molar-refractivity contribution in [1.82, 2.24) is 0 Å². The zero-order valence-electron chi connectivity index (χ0n) is 11.5. The molecule has 0 amide bonds. The second kappa shape index (κ2) is 16.3. The molecular formula is C5H11Na3O5. The molecular weight excluding hydrogens is 209 g/mol. The maximum absolute atomic E-state index is 10.3. The molecule has 0 saturated carbocycles. The molecule has 0 radical (unpaired) electrons. The fraction of sp³-hybridized carbons (Fsp3) is 0.600. The average molecular weight is 220 g/mol. The van der Waals surface area contributed by atoms with Crippen molar-refractivity contribution in [3.8, 4) is 0 Å². The molecule has 0 aromatic carbocycles. The Hall–Kier alpha value is 1.90. The van der Waals surface area contributed by atoms with E-state index in [2.05, 4.69) is 9.78 Å². The largest absolute Gasteiger partial charge is 1.00 e. The first kappa shape index (κ1) is 24.2. The van der Waals surface area contributed by atoms with Gasteiger partial charge in [-0.05, 0) is 0 Å². The van der Waals surface area contributed by atoms with Gasteiger partial charge in [-0.15, -0.1) is 0 Å². The van der Waals surface area contributed by atoms with Crippen LogP contribution in [-0.2, 0) is 19.4 Å². The summed E-state index contributed by atoms with van der Waals surface area (Å²) in [5.41, 5.74) is 0. The normalized spacial score (nSPS) is 6.85. The standard InChI is InChI=1S/C5H8O5.3Na.3H/c1-9-10-5(8)3-2-4(6)7;;;;;;/h2-3H2,1H3,(H,6,7);;;;;;/q;3*+1;3*-1. The average Bonchev–Trinajstić information content (AvgIpc) is 1.85. The molecule has 0 heterocycles. The molecule has 0 saturated heterocycles. The first-order chi connectivity index (χ1) is 4.66. The topological polar surface area (TPSA) is 72.8 Å². The summed E-state index contributed by atoms with van der Waals surface area (Å²) in [7, 11) is 1.18. The van der Waals surface area contributed by atoms with Gasteiger partial charge in [0.05, 0.1) is 20.0 Å². The molecule has 5 nitrogen and oxygen atoms in total. The summed E-state index contributed by atoms with van der Waals surface area (Å²) in [6.07, 6.45) is -0.397. The monoisotopic (exact) mass is 220 g/mol. The van der Waals surface area contributed by atoms with Crippen LogP contribution >= 0.6 is 0 Å². The Morgan fingerprint density at radius 2 is 1.69 bits per heavy atom. The fourth-order valence-corrected chi connectivity index (χ4v) is 0.344. The van der Waals surface area contributed by atoms with E-state index in [1.807, 2.05) is 0 Å². The number of aliphatic carboxylic acids is 1. The molecule has 0 rings (SSSR count). The van der Waals surface area contributed by atoms with Crippen LogP contribution in [0.25, 0.3) is 0 Å². The Bertz CT molecular complexity index is 151. The number of hydrogen-bond donors (Lipinski definition) is 1. The van der Waals surface area contributed by atoms with Crippen LogP contribution < -0.4 is 88.7 Å². The van der Waals surface area contributed by atoms with E-state index in [1.165, 1.54) is 7.11 Å². The number of carbonyl (C=O) groups excluding carboxylic acids is 1. The van der Waals surface area contributed by atoms with Gasteiger partial charge in [0.2, 0.25) is 0 Å². The van der Waals surface area contributed by atoms with Crippen molar-refractivity contribution in [3.05, 3.63) is 0 Å². The van der Waals surface area contributed by atoms with E-state index in [4.69, 9.17) is 5.11 Å². The molecule has 0 aliphatic rings. The number of rotatable bonds is 4. The molecule has 0 aliphatic carbocycles. The Morgan fingerprint density at radius 1 is 1.23 bits per heavy atom. The summed E-state index contributed by atoms with van der Waals surface area (Å²) in [5.74, 6) is -1.71. The summed E-state index contributed by atoms with van der Waals surface area (Å²) in [4.78, 5) is 28.2. The van der Waals surface area contributed by atoms with Crippen LogP contribution in [0.5, 0.6) is 0 Å². The van der Waals surface area contributed by atoms with Crippen molar-refractivity contribution >= 4 is 11.9 Å². The van der Waals surface area contributed by atoms with E-state index in [0.717, 1.165) is 0 Å². The minimum atomic E-state index is -1.03. The molecule has 0 unspecified atom stereocenters. The Labute approximate surface area is 147 Å². The van der Waals surface area contributed by atoms with Crippen LogP contribution in [0.2, 0.25) is 0 Å². The Morgan fingerprint density at radius 3 is 2.00 bits per heavy atom. The Balaban J connectivity index is -0.0000000270. The summed E-state index contributed by atoms with van der Waals surface area (Å²) in [5, 5.41) is 8.08. The molecule has 0 fully saturated rings. The third kappa shape index (κ3) is 20.1. The van der Waals surface area contributed by atoms with Crippen LogP contribution in [0, 0.1) is 0 Å². The fourth-order valence-electron chi connectivity index (χ4n) is 0.344. The third-order valence-electron chi connectivity index (χ3n) is 0.719. The predicted molar refractivity (Wildman–Crippen MR) is 33.3 cm³/mol. The van der Waals surface area contributed by atoms with Crippen LogP contribution in [-0.4, -0.2) is 24.2 Å². The van der Waals surface area contributed by atoms with Crippen molar-refractivity contribution in [3.63, 3.8) is 0 Å². The SMILES string of the molecule is COOC(=O)CCC(=O)O.[H-].[H-].[H-].[Na+].[Na+].[Na+]. The molecule has 8 heteroatoms. The molecule has 13 heavy (non-hydrogen) atoms. The molecule has 0 aromatic rings. The zero-order chi connectivity index (χ0) is 7.98. The van der Waals surface area contributed by atoms with E-state index in [9.17, 15) is 9.59 Å². The summed E-state index contributed by atoms with van der Waals surface area (Å²) < 4.78 is 0. The Kier molecular flexibility index (Phi) is 30.4. The van der Waals surface area contributed by atoms with Gasteiger partial charge < -0.3 is 9.39 Å². The molecule has 0 bridgehead atoms. The molecule has 0 spiro atoms. The quantitative estimate of drug-likeness (QED) is 0.289. The number of carbonyl (C=O) groups is 2. The van der Waals surface area contributed by atoms with Gasteiger partial charge in [0.15, 0.2) is 0 Å². The minimum absolute atomic E-state index is 0. The van der Waals surface area contributed by atoms with Gasteiger partial charge in [0.25, 0.3) is 0 Å². The zero-order valence-corrected chi connectivity index (χ0v) is 14.5. The van der Waals surface area contributed by atoms with Gasteiger partial charge in [0.1, 0.15) is 0 Å². The third-order valence-corrected chi connectivity index (χ3v) is 0.719. The van der Waals surface area contributed by atoms with Crippen LogP contribution in [0.1, 0.15) is 17.1 Å². The van der Waals surface area contributed by atoms with Gasteiger partial charge in [-0.2, -0.15) is 4.89 Å². The smallest absolute Gasteiger partial charge is 1.00 e. The minimum Gasteiger partial charge on any atom is -1.00 e. The van der Waals surface area contributed by atoms with Crippen LogP contribution in [0.3, 0.4) is 0 Å². The van der Waals surface area contributed by atoms with Crippen molar-refractivity contribution in [1.29, 1.82) is 0 Å². The molecule has 1 N–H and O–H groups in total.